The smallest absolute Gasteiger partial charge is 0.253 e. The van der Waals surface area contributed by atoms with E-state index < -0.39 is 0 Å². The van der Waals surface area contributed by atoms with Crippen molar-refractivity contribution in [1.29, 1.82) is 0 Å². The van der Waals surface area contributed by atoms with Gasteiger partial charge in [0, 0.05) is 17.9 Å². The van der Waals surface area contributed by atoms with Crippen molar-refractivity contribution in [1.82, 2.24) is 10.3 Å². The Morgan fingerprint density at radius 2 is 1.95 bits per heavy atom. The fraction of sp³-hybridized carbons (Fsp3) is 0.294. The van der Waals surface area contributed by atoms with Crippen LogP contribution < -0.4 is 10.6 Å². The molecule has 1 heterocycles. The zero-order chi connectivity index (χ0) is 15.4. The highest BCUT2D eigenvalue weighted by atomic mass is 16.1. The lowest BCUT2D eigenvalue weighted by Crippen LogP contribution is -2.30. The van der Waals surface area contributed by atoms with Crippen molar-refractivity contribution >= 4 is 17.3 Å². The second kappa shape index (κ2) is 6.39. The van der Waals surface area contributed by atoms with E-state index in [1.165, 1.54) is 11.1 Å². The third-order valence-corrected chi connectivity index (χ3v) is 3.30. The molecular formula is C17H21N3O. The third kappa shape index (κ3) is 3.81. The zero-order valence-electron chi connectivity index (χ0n) is 12.9. The topological polar surface area (TPSA) is 54.0 Å². The summed E-state index contributed by atoms with van der Waals surface area (Å²) in [5, 5.41) is 6.18. The average Bonchev–Trinajstić information content (AvgIpc) is 2.43. The first kappa shape index (κ1) is 15.0. The van der Waals surface area contributed by atoms with E-state index in [1.54, 1.807) is 12.4 Å². The predicted octanol–water partition coefficient (Wildman–Crippen LogP) is 3.58. The molecule has 2 rings (SSSR count). The van der Waals surface area contributed by atoms with E-state index >= 15 is 0 Å². The quantitative estimate of drug-likeness (QED) is 0.901. The molecule has 0 saturated heterocycles. The van der Waals surface area contributed by atoms with Crippen LogP contribution in [0.3, 0.4) is 0 Å². The summed E-state index contributed by atoms with van der Waals surface area (Å²) in [6, 6.07) is 8.02. The van der Waals surface area contributed by atoms with Crippen molar-refractivity contribution in [2.24, 2.45) is 0 Å². The number of nitrogens with one attached hydrogen (secondary N) is 2. The molecule has 0 aliphatic rings. The number of amides is 1. The van der Waals surface area contributed by atoms with Crippen LogP contribution in [0.1, 0.15) is 35.3 Å². The summed E-state index contributed by atoms with van der Waals surface area (Å²) >= 11 is 0. The Labute approximate surface area is 125 Å². The lowest BCUT2D eigenvalue weighted by atomic mass is 10.1. The van der Waals surface area contributed by atoms with Crippen LogP contribution in [-0.2, 0) is 0 Å². The minimum atomic E-state index is -0.109. The maximum absolute atomic E-state index is 12.0. The summed E-state index contributed by atoms with van der Waals surface area (Å²) in [4.78, 5) is 16.1. The number of benzene rings is 1. The molecule has 0 bridgehead atoms. The molecule has 110 valence electrons. The number of hydrogen-bond donors (Lipinski definition) is 2. The van der Waals surface area contributed by atoms with Gasteiger partial charge in [0.25, 0.3) is 5.91 Å². The Kier molecular flexibility index (Phi) is 4.58. The second-order valence-electron chi connectivity index (χ2n) is 5.46. The summed E-state index contributed by atoms with van der Waals surface area (Å²) in [6.45, 7) is 8.01. The number of aromatic nitrogens is 1. The van der Waals surface area contributed by atoms with E-state index in [4.69, 9.17) is 0 Å². The molecule has 0 unspecified atom stereocenters. The normalized spacial score (nSPS) is 10.5. The first-order valence-corrected chi connectivity index (χ1v) is 7.06. The van der Waals surface area contributed by atoms with Crippen LogP contribution in [0.2, 0.25) is 0 Å². The molecule has 0 saturated carbocycles. The molecule has 1 aromatic heterocycles. The number of carbonyl (C=O) groups excluding carboxylic acids is 1. The van der Waals surface area contributed by atoms with E-state index in [9.17, 15) is 4.79 Å². The van der Waals surface area contributed by atoms with Gasteiger partial charge in [0.1, 0.15) is 0 Å². The monoisotopic (exact) mass is 283 g/mol. The lowest BCUT2D eigenvalue weighted by Gasteiger charge is -2.12. The average molecular weight is 283 g/mol. The van der Waals surface area contributed by atoms with Crippen molar-refractivity contribution in [2.45, 2.75) is 33.7 Å². The van der Waals surface area contributed by atoms with Gasteiger partial charge < -0.3 is 10.6 Å². The number of rotatable bonds is 4. The van der Waals surface area contributed by atoms with Crippen LogP contribution in [0.4, 0.5) is 11.4 Å². The molecule has 0 radical (unpaired) electrons. The van der Waals surface area contributed by atoms with Crippen LogP contribution in [0, 0.1) is 13.8 Å². The number of aryl methyl sites for hydroxylation is 1. The molecule has 4 nitrogen and oxygen atoms in total. The molecule has 0 fully saturated rings. The van der Waals surface area contributed by atoms with Gasteiger partial charge in [-0.1, -0.05) is 12.1 Å². The predicted molar refractivity (Wildman–Crippen MR) is 86.0 cm³/mol. The largest absolute Gasteiger partial charge is 0.354 e. The lowest BCUT2D eigenvalue weighted by molar-refractivity contribution is 0.0943. The SMILES string of the molecule is Cc1cccc(Nc2cncc(C(=O)NC(C)C)c2)c1C. The van der Waals surface area contributed by atoms with Gasteiger partial charge in [-0.15, -0.1) is 0 Å². The van der Waals surface area contributed by atoms with E-state index in [1.807, 2.05) is 32.0 Å². The van der Waals surface area contributed by atoms with Crippen molar-refractivity contribution in [2.75, 3.05) is 5.32 Å². The highest BCUT2D eigenvalue weighted by molar-refractivity contribution is 5.95. The van der Waals surface area contributed by atoms with Gasteiger partial charge in [-0.2, -0.15) is 0 Å². The number of carbonyl (C=O) groups is 1. The van der Waals surface area contributed by atoms with Crippen LogP contribution in [0.15, 0.2) is 36.7 Å². The van der Waals surface area contributed by atoms with E-state index in [0.717, 1.165) is 11.4 Å². The van der Waals surface area contributed by atoms with Gasteiger partial charge in [-0.3, -0.25) is 9.78 Å². The third-order valence-electron chi connectivity index (χ3n) is 3.30. The number of nitrogens with zero attached hydrogens (tertiary/aromatic N) is 1. The molecular weight excluding hydrogens is 262 g/mol. The minimum Gasteiger partial charge on any atom is -0.354 e. The number of hydrogen-bond acceptors (Lipinski definition) is 3. The first-order valence-electron chi connectivity index (χ1n) is 7.06. The molecule has 2 aromatic rings. The number of anilines is 2. The minimum absolute atomic E-state index is 0.105. The van der Waals surface area contributed by atoms with Crippen molar-refractivity contribution < 1.29 is 4.79 Å². The van der Waals surface area contributed by atoms with Crippen LogP contribution >= 0.6 is 0 Å². The number of pyridine rings is 1. The molecule has 21 heavy (non-hydrogen) atoms. The van der Waals surface area contributed by atoms with E-state index in [0.29, 0.717) is 5.56 Å². The fourth-order valence-electron chi connectivity index (χ4n) is 2.02. The molecule has 0 aliphatic heterocycles. The fourth-order valence-corrected chi connectivity index (χ4v) is 2.02. The molecule has 0 spiro atoms. The summed E-state index contributed by atoms with van der Waals surface area (Å²) in [5.74, 6) is -0.109. The maximum atomic E-state index is 12.0. The van der Waals surface area contributed by atoms with E-state index in [2.05, 4.69) is 35.5 Å². The Balaban J connectivity index is 2.22. The highest BCUT2D eigenvalue weighted by Crippen LogP contribution is 2.22. The van der Waals surface area contributed by atoms with Crippen molar-refractivity contribution in [3.63, 3.8) is 0 Å². The van der Waals surface area contributed by atoms with Crippen LogP contribution in [-0.4, -0.2) is 16.9 Å². The Morgan fingerprint density at radius 1 is 1.19 bits per heavy atom. The molecule has 2 N–H and O–H groups in total. The summed E-state index contributed by atoms with van der Waals surface area (Å²) in [6.07, 6.45) is 3.29. The van der Waals surface area contributed by atoms with E-state index in [-0.39, 0.29) is 11.9 Å². The van der Waals surface area contributed by atoms with Gasteiger partial charge >= 0.3 is 0 Å². The highest BCUT2D eigenvalue weighted by Gasteiger charge is 2.09. The Morgan fingerprint density at radius 3 is 2.67 bits per heavy atom. The van der Waals surface area contributed by atoms with Gasteiger partial charge in [0.2, 0.25) is 0 Å². The summed E-state index contributed by atoms with van der Waals surface area (Å²) in [7, 11) is 0. The van der Waals surface area contributed by atoms with Crippen molar-refractivity contribution in [3.8, 4) is 0 Å². The first-order chi connectivity index (χ1) is 9.97. The zero-order valence-corrected chi connectivity index (χ0v) is 12.9. The standard InChI is InChI=1S/C17H21N3O/c1-11(2)19-17(21)14-8-15(10-18-9-14)20-16-7-5-6-12(3)13(16)4/h5-11,20H,1-4H3,(H,19,21). The Bertz CT molecular complexity index is 650. The maximum Gasteiger partial charge on any atom is 0.253 e. The van der Waals surface area contributed by atoms with Crippen LogP contribution in [0.25, 0.3) is 0 Å². The van der Waals surface area contributed by atoms with Crippen molar-refractivity contribution in [3.05, 3.63) is 53.3 Å². The molecule has 1 amide bonds. The summed E-state index contributed by atoms with van der Waals surface area (Å²) < 4.78 is 0. The van der Waals surface area contributed by atoms with Crippen LogP contribution in [0.5, 0.6) is 0 Å². The summed E-state index contributed by atoms with van der Waals surface area (Å²) in [5.41, 5.74) is 4.80. The van der Waals surface area contributed by atoms with Gasteiger partial charge in [-0.25, -0.2) is 0 Å². The molecule has 1 aromatic carbocycles. The molecule has 4 heteroatoms. The van der Waals surface area contributed by atoms with Gasteiger partial charge in [0.05, 0.1) is 17.4 Å². The van der Waals surface area contributed by atoms with Gasteiger partial charge in [0.15, 0.2) is 0 Å². The second-order valence-corrected chi connectivity index (χ2v) is 5.46. The Hall–Kier alpha value is -2.36. The molecule has 0 atom stereocenters. The molecule has 0 aliphatic carbocycles. The van der Waals surface area contributed by atoms with Gasteiger partial charge in [-0.05, 0) is 51.0 Å².